The maximum atomic E-state index is 13.9. The van der Waals surface area contributed by atoms with E-state index in [4.69, 9.17) is 10.8 Å². The van der Waals surface area contributed by atoms with Gasteiger partial charge in [-0.05, 0) is 36.4 Å². The van der Waals surface area contributed by atoms with Crippen LogP contribution in [0.3, 0.4) is 0 Å². The number of nitrogens with one attached hydrogen (secondary N) is 2. The van der Waals surface area contributed by atoms with Gasteiger partial charge in [0.05, 0.1) is 11.3 Å². The second-order valence-electron chi connectivity index (χ2n) is 6.68. The standard InChI is InChI=1S/C19H16F2N6O6S/c20-12-2-1-3-13(21)16(12)17(31)27-18(22)24-19(25-27)23-10-4-6-11(7-5-10)34(32,33)26-14(28)8-9-15(29)30/h1-7H,8-9H2,(H,26,28)(H,29,30)(H3,22,23,24,25). The average Bonchev–Trinajstić information content (AvgIpc) is 3.12. The molecule has 15 heteroatoms. The average molecular weight is 494 g/mol. The van der Waals surface area contributed by atoms with Crippen molar-refractivity contribution in [3.63, 3.8) is 0 Å². The van der Waals surface area contributed by atoms with Crippen LogP contribution in [0.5, 0.6) is 0 Å². The molecule has 0 saturated carbocycles. The number of anilines is 3. The van der Waals surface area contributed by atoms with E-state index in [-0.39, 0.29) is 16.5 Å². The van der Waals surface area contributed by atoms with E-state index in [0.29, 0.717) is 4.68 Å². The summed E-state index contributed by atoms with van der Waals surface area (Å²) in [5.74, 6) is -6.32. The summed E-state index contributed by atoms with van der Waals surface area (Å²) in [6.45, 7) is 0. The van der Waals surface area contributed by atoms with Crippen molar-refractivity contribution in [3.8, 4) is 0 Å². The highest BCUT2D eigenvalue weighted by Crippen LogP contribution is 2.20. The van der Waals surface area contributed by atoms with Gasteiger partial charge in [0.15, 0.2) is 0 Å². The van der Waals surface area contributed by atoms with E-state index in [2.05, 4.69) is 15.4 Å². The van der Waals surface area contributed by atoms with Gasteiger partial charge in [0.2, 0.25) is 17.8 Å². The number of hydrogen-bond acceptors (Lipinski definition) is 9. The molecule has 1 amide bonds. The molecule has 1 aromatic heterocycles. The first kappa shape index (κ1) is 24.2. The highest BCUT2D eigenvalue weighted by molar-refractivity contribution is 7.90. The minimum absolute atomic E-state index is 0.222. The number of sulfonamides is 1. The van der Waals surface area contributed by atoms with Crippen LogP contribution in [0.2, 0.25) is 0 Å². The monoisotopic (exact) mass is 494 g/mol. The highest BCUT2D eigenvalue weighted by atomic mass is 32.2. The second kappa shape index (κ2) is 9.62. The summed E-state index contributed by atoms with van der Waals surface area (Å²) in [7, 11) is -4.24. The smallest absolute Gasteiger partial charge is 0.303 e. The Labute approximate surface area is 190 Å². The molecule has 0 saturated heterocycles. The first-order chi connectivity index (χ1) is 16.0. The summed E-state index contributed by atoms with van der Waals surface area (Å²) < 4.78 is 54.5. The third-order valence-electron chi connectivity index (χ3n) is 4.24. The molecular formula is C19H16F2N6O6S. The van der Waals surface area contributed by atoms with Gasteiger partial charge in [-0.3, -0.25) is 14.4 Å². The predicted molar refractivity (Wildman–Crippen MR) is 112 cm³/mol. The quantitative estimate of drug-likeness (QED) is 0.355. The van der Waals surface area contributed by atoms with Gasteiger partial charge < -0.3 is 16.2 Å². The molecule has 0 atom stereocenters. The number of aliphatic carboxylic acids is 1. The van der Waals surface area contributed by atoms with Crippen LogP contribution in [0.15, 0.2) is 47.4 Å². The lowest BCUT2D eigenvalue weighted by Gasteiger charge is -2.07. The molecule has 5 N–H and O–H groups in total. The number of carbonyl (C=O) groups excluding carboxylic acids is 2. The summed E-state index contributed by atoms with van der Waals surface area (Å²) in [5.41, 5.74) is 5.01. The van der Waals surface area contributed by atoms with Gasteiger partial charge in [0, 0.05) is 12.1 Å². The number of carbonyl (C=O) groups is 3. The number of carboxylic acid groups (broad SMARTS) is 1. The number of nitrogens with zero attached hydrogens (tertiary/aromatic N) is 3. The van der Waals surface area contributed by atoms with Crippen molar-refractivity contribution < 1.29 is 36.7 Å². The summed E-state index contributed by atoms with van der Waals surface area (Å²) in [5, 5.41) is 15.0. The van der Waals surface area contributed by atoms with Crippen molar-refractivity contribution in [2.75, 3.05) is 11.1 Å². The Bertz CT molecular complexity index is 1350. The first-order valence-electron chi connectivity index (χ1n) is 9.33. The van der Waals surface area contributed by atoms with Crippen molar-refractivity contribution in [3.05, 3.63) is 59.7 Å². The summed E-state index contributed by atoms with van der Waals surface area (Å²) in [6.07, 6.45) is -1.04. The third kappa shape index (κ3) is 5.50. The second-order valence-corrected chi connectivity index (χ2v) is 8.36. The number of nitrogen functional groups attached to an aromatic ring is 1. The summed E-state index contributed by atoms with van der Waals surface area (Å²) in [6, 6.07) is 7.71. The lowest BCUT2D eigenvalue weighted by molar-refractivity contribution is -0.138. The van der Waals surface area contributed by atoms with Crippen LogP contribution in [-0.2, 0) is 19.6 Å². The Kier molecular flexibility index (Phi) is 6.86. The number of carboxylic acids is 1. The molecule has 12 nitrogen and oxygen atoms in total. The first-order valence-corrected chi connectivity index (χ1v) is 10.8. The number of nitrogens with two attached hydrogens (primary N) is 1. The fourth-order valence-corrected chi connectivity index (χ4v) is 3.68. The van der Waals surface area contributed by atoms with Gasteiger partial charge in [-0.25, -0.2) is 21.9 Å². The van der Waals surface area contributed by atoms with Crippen molar-refractivity contribution in [1.82, 2.24) is 19.5 Å². The van der Waals surface area contributed by atoms with Crippen molar-refractivity contribution in [2.45, 2.75) is 17.7 Å². The van der Waals surface area contributed by atoms with E-state index >= 15 is 0 Å². The topological polar surface area (TPSA) is 186 Å². The maximum Gasteiger partial charge on any atom is 0.303 e. The van der Waals surface area contributed by atoms with Gasteiger partial charge in [-0.15, -0.1) is 5.10 Å². The molecule has 178 valence electrons. The maximum absolute atomic E-state index is 13.9. The van der Waals surface area contributed by atoms with Gasteiger partial charge in [0.25, 0.3) is 15.9 Å². The zero-order valence-electron chi connectivity index (χ0n) is 17.0. The Hall–Kier alpha value is -4.40. The molecule has 0 aliphatic heterocycles. The van der Waals surface area contributed by atoms with Crippen LogP contribution in [0.25, 0.3) is 0 Å². The van der Waals surface area contributed by atoms with E-state index in [9.17, 15) is 31.6 Å². The fraction of sp³-hybridized carbons (Fsp3) is 0.105. The number of benzene rings is 2. The lowest BCUT2D eigenvalue weighted by Crippen LogP contribution is -2.30. The van der Waals surface area contributed by atoms with Gasteiger partial charge >= 0.3 is 5.97 Å². The van der Waals surface area contributed by atoms with E-state index in [0.717, 1.165) is 30.3 Å². The molecule has 0 unspecified atom stereocenters. The number of amides is 1. The Morgan fingerprint density at radius 3 is 2.24 bits per heavy atom. The molecule has 0 fully saturated rings. The number of halogens is 2. The normalized spacial score (nSPS) is 11.1. The van der Waals surface area contributed by atoms with E-state index < -0.39 is 63.8 Å². The van der Waals surface area contributed by atoms with Crippen LogP contribution in [0.4, 0.5) is 26.4 Å². The lowest BCUT2D eigenvalue weighted by atomic mass is 10.2. The Morgan fingerprint density at radius 2 is 1.65 bits per heavy atom. The third-order valence-corrected chi connectivity index (χ3v) is 5.63. The van der Waals surface area contributed by atoms with Crippen LogP contribution in [0.1, 0.15) is 23.2 Å². The fourth-order valence-electron chi connectivity index (χ4n) is 2.66. The molecule has 2 aromatic carbocycles. The molecule has 0 aliphatic carbocycles. The van der Waals surface area contributed by atoms with E-state index in [1.807, 2.05) is 0 Å². The SMILES string of the molecule is Nc1nc(Nc2ccc(S(=O)(=O)NC(=O)CCC(=O)O)cc2)nn1C(=O)c1c(F)cccc1F. The van der Waals surface area contributed by atoms with Crippen molar-refractivity contribution in [2.24, 2.45) is 0 Å². The van der Waals surface area contributed by atoms with Crippen molar-refractivity contribution in [1.29, 1.82) is 0 Å². The molecule has 3 rings (SSSR count). The minimum atomic E-state index is -4.24. The van der Waals surface area contributed by atoms with Crippen LogP contribution in [0, 0.1) is 11.6 Å². The van der Waals surface area contributed by atoms with Crippen LogP contribution in [-0.4, -0.2) is 46.1 Å². The molecular weight excluding hydrogens is 478 g/mol. The predicted octanol–water partition coefficient (Wildman–Crippen LogP) is 1.24. The zero-order valence-corrected chi connectivity index (χ0v) is 17.8. The molecule has 1 heterocycles. The summed E-state index contributed by atoms with van der Waals surface area (Å²) >= 11 is 0. The Morgan fingerprint density at radius 1 is 1.03 bits per heavy atom. The highest BCUT2D eigenvalue weighted by Gasteiger charge is 2.23. The molecule has 0 radical (unpaired) electrons. The van der Waals surface area contributed by atoms with Gasteiger partial charge in [0.1, 0.15) is 17.2 Å². The minimum Gasteiger partial charge on any atom is -0.481 e. The molecule has 3 aromatic rings. The number of rotatable bonds is 8. The van der Waals surface area contributed by atoms with E-state index in [1.165, 1.54) is 12.1 Å². The molecule has 0 spiro atoms. The van der Waals surface area contributed by atoms with Crippen molar-refractivity contribution >= 4 is 45.4 Å². The Balaban J connectivity index is 1.73. The number of hydrogen-bond donors (Lipinski definition) is 4. The zero-order chi connectivity index (χ0) is 25.0. The van der Waals surface area contributed by atoms with Crippen LogP contribution < -0.4 is 15.8 Å². The molecule has 0 aliphatic rings. The van der Waals surface area contributed by atoms with Gasteiger partial charge in [-0.1, -0.05) is 6.07 Å². The number of aromatic nitrogens is 3. The van der Waals surface area contributed by atoms with E-state index in [1.54, 1.807) is 4.72 Å². The van der Waals surface area contributed by atoms with Gasteiger partial charge in [-0.2, -0.15) is 9.67 Å². The molecule has 0 bridgehead atoms. The van der Waals surface area contributed by atoms with Crippen LogP contribution >= 0.6 is 0 Å². The largest absolute Gasteiger partial charge is 0.481 e. The summed E-state index contributed by atoms with van der Waals surface area (Å²) in [4.78, 5) is 38.0. The molecule has 34 heavy (non-hydrogen) atoms.